The molecule has 404 valence electrons. The third kappa shape index (κ3) is 7.88. The summed E-state index contributed by atoms with van der Waals surface area (Å²) in [6.45, 7) is 11.3. The molecule has 0 bridgehead atoms. The molecule has 11 aromatic carbocycles. The lowest BCUT2D eigenvalue weighted by molar-refractivity contribution is 0.545. The first-order valence-corrected chi connectivity index (χ1v) is 29.5. The number of imidazole rings is 1. The fourth-order valence-corrected chi connectivity index (χ4v) is 14.2. The van der Waals surface area contributed by atoms with Crippen LogP contribution < -0.4 is 0 Å². The molecule has 5 heterocycles. The van der Waals surface area contributed by atoms with Crippen molar-refractivity contribution in [3.63, 3.8) is 0 Å². The Kier molecular flexibility index (Phi) is 11.5. The summed E-state index contributed by atoms with van der Waals surface area (Å²) in [7, 11) is 0. The second-order valence-electron chi connectivity index (χ2n) is 23.2. The largest absolute Gasteiger partial charge is 0.454 e. The molecule has 6 nitrogen and oxygen atoms in total. The van der Waals surface area contributed by atoms with Crippen LogP contribution in [-0.2, 0) is 0 Å². The Hall–Kier alpha value is -10.2. The lowest BCUT2D eigenvalue weighted by atomic mass is 9.82. The molecule has 5 aromatic heterocycles. The summed E-state index contributed by atoms with van der Waals surface area (Å²) in [4.78, 5) is 4.89. The van der Waals surface area contributed by atoms with E-state index in [1.807, 2.05) is 6.20 Å². The number of hydrogen-bond acceptors (Lipinski definition) is 3. The van der Waals surface area contributed by atoms with E-state index in [0.717, 1.165) is 113 Å². The van der Waals surface area contributed by atoms with Crippen molar-refractivity contribution in [2.45, 2.75) is 59.3 Å². The molecule has 6 heteroatoms. The van der Waals surface area contributed by atoms with Crippen LogP contribution >= 0.6 is 0 Å². The van der Waals surface area contributed by atoms with Gasteiger partial charge in [0.15, 0.2) is 11.2 Å². The minimum absolute atomic E-state index is 0.235. The van der Waals surface area contributed by atoms with E-state index < -0.39 is 0 Å². The number of nitrogens with zero attached hydrogens (tertiary/aromatic N) is 4. The lowest BCUT2D eigenvalue weighted by Gasteiger charge is -2.22. The second-order valence-corrected chi connectivity index (χ2v) is 23.2. The van der Waals surface area contributed by atoms with Gasteiger partial charge in [-0.25, -0.2) is 4.98 Å². The number of para-hydroxylation sites is 6. The van der Waals surface area contributed by atoms with Gasteiger partial charge in [0, 0.05) is 61.0 Å². The maximum Gasteiger partial charge on any atom is 0.159 e. The Morgan fingerprint density at radius 3 is 1.35 bits per heavy atom. The fraction of sp³-hybridized carbons (Fsp3) is 0.115. The summed E-state index contributed by atoms with van der Waals surface area (Å²) < 4.78 is 20.8. The minimum atomic E-state index is 0.235. The van der Waals surface area contributed by atoms with Gasteiger partial charge >= 0.3 is 0 Å². The molecule has 0 aliphatic heterocycles. The van der Waals surface area contributed by atoms with Crippen molar-refractivity contribution in [3.05, 3.63) is 265 Å². The van der Waals surface area contributed by atoms with E-state index in [0.29, 0.717) is 5.92 Å². The van der Waals surface area contributed by atoms with E-state index in [9.17, 15) is 0 Å². The number of aromatic nitrogens is 4. The van der Waals surface area contributed by atoms with Gasteiger partial charge in [-0.05, 0) is 157 Å². The molecule has 0 aliphatic rings. The van der Waals surface area contributed by atoms with Crippen LogP contribution in [0.25, 0.3) is 138 Å². The average molecular weight is 1090 g/mol. The molecule has 2 unspecified atom stereocenters. The van der Waals surface area contributed by atoms with E-state index in [4.69, 9.17) is 13.8 Å². The second kappa shape index (κ2) is 19.5. The van der Waals surface area contributed by atoms with Crippen LogP contribution in [0, 0.1) is 20.8 Å². The molecule has 0 saturated carbocycles. The van der Waals surface area contributed by atoms with E-state index in [1.54, 1.807) is 0 Å². The van der Waals surface area contributed by atoms with Crippen molar-refractivity contribution in [3.8, 4) is 50.7 Å². The first-order chi connectivity index (χ1) is 41.2. The van der Waals surface area contributed by atoms with Gasteiger partial charge in [0.25, 0.3) is 0 Å². The Bertz CT molecular complexity index is 4910. The predicted molar refractivity (Wildman–Crippen MR) is 350 cm³/mol. The fourth-order valence-electron chi connectivity index (χ4n) is 14.2. The minimum Gasteiger partial charge on any atom is -0.454 e. The third-order valence-corrected chi connectivity index (χ3v) is 18.1. The molecule has 16 rings (SSSR count). The number of hydrogen-bond donors (Lipinski definition) is 0. The summed E-state index contributed by atoms with van der Waals surface area (Å²) in [6.07, 6.45) is 6.02. The van der Waals surface area contributed by atoms with E-state index >= 15 is 0 Å². The SMILES string of the molecule is CCC(CC(C)c1cc(-c2ccc3oc4c(-n5c6ccccc6c6ccccc65)cccc4c3c2)cc(-c2ccc3oc4c(-n5c6ccccc6c6ccccc65)cccc4c3c2)c1)c1ccc(-c2nccn2-c2c(C)cc(C)cc2C)cc1. The molecule has 0 N–H and O–H groups in total. The summed E-state index contributed by atoms with van der Waals surface area (Å²) in [5.41, 5.74) is 23.5. The smallest absolute Gasteiger partial charge is 0.159 e. The van der Waals surface area contributed by atoms with Gasteiger partial charge in [-0.3, -0.25) is 4.57 Å². The first kappa shape index (κ1) is 49.6. The topological polar surface area (TPSA) is 54.0 Å². The summed E-state index contributed by atoms with van der Waals surface area (Å²) in [6, 6.07) is 82.3. The highest BCUT2D eigenvalue weighted by Gasteiger charge is 2.23. The van der Waals surface area contributed by atoms with Crippen molar-refractivity contribution >= 4 is 87.5 Å². The molecule has 0 spiro atoms. The molecule has 0 saturated heterocycles. The Balaban J connectivity index is 0.804. The highest BCUT2D eigenvalue weighted by atomic mass is 16.3. The molecular weight excluding hydrogens is 1020 g/mol. The van der Waals surface area contributed by atoms with Crippen molar-refractivity contribution in [1.29, 1.82) is 0 Å². The van der Waals surface area contributed by atoms with Gasteiger partial charge in [-0.1, -0.05) is 177 Å². The molecule has 16 aromatic rings. The highest BCUT2D eigenvalue weighted by molar-refractivity contribution is 6.15. The van der Waals surface area contributed by atoms with Gasteiger partial charge in [0.2, 0.25) is 0 Å². The molecule has 0 fully saturated rings. The van der Waals surface area contributed by atoms with Gasteiger partial charge in [-0.2, -0.15) is 0 Å². The molecule has 0 amide bonds. The summed E-state index contributed by atoms with van der Waals surface area (Å²) >= 11 is 0. The molecule has 0 radical (unpaired) electrons. The van der Waals surface area contributed by atoms with E-state index in [2.05, 4.69) is 279 Å². The normalized spacial score (nSPS) is 12.8. The van der Waals surface area contributed by atoms with Crippen LogP contribution in [0.1, 0.15) is 66.3 Å². The number of fused-ring (bicyclic) bond motifs is 12. The van der Waals surface area contributed by atoms with Crippen LogP contribution in [0.3, 0.4) is 0 Å². The van der Waals surface area contributed by atoms with Gasteiger partial charge in [-0.15, -0.1) is 0 Å². The number of aryl methyl sites for hydroxylation is 3. The van der Waals surface area contributed by atoms with E-state index in [-0.39, 0.29) is 5.92 Å². The lowest BCUT2D eigenvalue weighted by Crippen LogP contribution is -2.05. The average Bonchev–Trinajstić information content (AvgIpc) is 2.24. The van der Waals surface area contributed by atoms with Crippen molar-refractivity contribution < 1.29 is 8.83 Å². The van der Waals surface area contributed by atoms with Crippen molar-refractivity contribution in [2.24, 2.45) is 0 Å². The Morgan fingerprint density at radius 2 is 0.869 bits per heavy atom. The molecule has 84 heavy (non-hydrogen) atoms. The molecule has 0 aliphatic carbocycles. The van der Waals surface area contributed by atoms with Crippen molar-refractivity contribution in [1.82, 2.24) is 18.7 Å². The maximum atomic E-state index is 6.92. The van der Waals surface area contributed by atoms with E-state index in [1.165, 1.54) is 66.2 Å². The zero-order valence-electron chi connectivity index (χ0n) is 47.7. The summed E-state index contributed by atoms with van der Waals surface area (Å²) in [5, 5.41) is 9.28. The number of benzene rings is 11. The van der Waals surface area contributed by atoms with Crippen LogP contribution in [-0.4, -0.2) is 18.7 Å². The predicted octanol–water partition coefficient (Wildman–Crippen LogP) is 21.5. The Morgan fingerprint density at radius 1 is 0.417 bits per heavy atom. The number of rotatable bonds is 11. The first-order valence-electron chi connectivity index (χ1n) is 29.5. The van der Waals surface area contributed by atoms with Gasteiger partial charge < -0.3 is 18.0 Å². The summed E-state index contributed by atoms with van der Waals surface area (Å²) in [5.74, 6) is 1.54. The van der Waals surface area contributed by atoms with Crippen LogP contribution in [0.5, 0.6) is 0 Å². The van der Waals surface area contributed by atoms with Gasteiger partial charge in [0.1, 0.15) is 17.0 Å². The van der Waals surface area contributed by atoms with Gasteiger partial charge in [0.05, 0.1) is 39.1 Å². The van der Waals surface area contributed by atoms with Crippen LogP contribution in [0.15, 0.2) is 246 Å². The monoisotopic (exact) mass is 1080 g/mol. The third-order valence-electron chi connectivity index (χ3n) is 18.1. The Labute approximate surface area is 487 Å². The zero-order valence-corrected chi connectivity index (χ0v) is 47.7. The highest BCUT2D eigenvalue weighted by Crippen LogP contribution is 2.44. The number of furan rings is 2. The standard InChI is InChI=1S/C78H60N4O2/c1-6-51(52-29-31-53(32-30-52)78-79-37-38-80(78)75-49(4)39-47(2)40-50(75)5)41-48(3)56-42-57(54-33-35-73-65(45-54)63-21-15-27-71(76(63)83-73)81-67-23-11-7-17-59(67)60-18-8-12-24-68(60)81)44-58(43-56)55-34-36-74-66(46-55)64-22-16-28-72(77(64)84-74)82-69-25-13-9-19-61(69)62-20-10-14-26-70(62)82/h7-40,42-46,48,51H,6,41H2,1-5H3. The quantitative estimate of drug-likeness (QED) is 0.130. The van der Waals surface area contributed by atoms with Crippen molar-refractivity contribution in [2.75, 3.05) is 0 Å². The van der Waals surface area contributed by atoms with Crippen LogP contribution in [0.4, 0.5) is 0 Å². The molecular formula is C78H60N4O2. The van der Waals surface area contributed by atoms with Crippen LogP contribution in [0.2, 0.25) is 0 Å². The zero-order chi connectivity index (χ0) is 56.3. The molecule has 2 atom stereocenters. The maximum absolute atomic E-state index is 6.92.